The van der Waals surface area contributed by atoms with Crippen molar-refractivity contribution in [3.8, 4) is 11.5 Å². The van der Waals surface area contributed by atoms with Crippen molar-refractivity contribution >= 4 is 29.9 Å². The van der Waals surface area contributed by atoms with E-state index in [2.05, 4.69) is 39.8 Å². The molecule has 3 rings (SSSR count). The number of halogens is 1. The molecule has 2 heterocycles. The maximum absolute atomic E-state index is 5.57. The third kappa shape index (κ3) is 5.35. The largest absolute Gasteiger partial charge is 0.444 e. The number of aryl methyl sites for hydroxylation is 2. The van der Waals surface area contributed by atoms with Gasteiger partial charge < -0.3 is 19.6 Å². The molecule has 0 saturated heterocycles. The van der Waals surface area contributed by atoms with Crippen molar-refractivity contribution < 1.29 is 4.42 Å². The predicted octanol–water partition coefficient (Wildman–Crippen LogP) is 3.47. The van der Waals surface area contributed by atoms with Gasteiger partial charge in [-0.25, -0.2) is 4.98 Å². The van der Waals surface area contributed by atoms with Crippen LogP contribution in [0.25, 0.3) is 11.5 Å². The standard InChI is InChI=1S/C19H23N5O.HI/c1-14-4-6-16(7-5-14)18-23-17(13-25-18)11-22-19(20-2)21-10-15-8-9-24(3)12-15;/h4-9,12-13H,10-11H2,1-3H3,(H2,20,21,22);1H. The van der Waals surface area contributed by atoms with E-state index in [9.17, 15) is 0 Å². The number of rotatable bonds is 5. The van der Waals surface area contributed by atoms with Crippen molar-refractivity contribution in [2.45, 2.75) is 20.0 Å². The molecule has 3 aromatic rings. The molecule has 26 heavy (non-hydrogen) atoms. The monoisotopic (exact) mass is 465 g/mol. The summed E-state index contributed by atoms with van der Waals surface area (Å²) in [5.41, 5.74) is 4.22. The summed E-state index contributed by atoms with van der Waals surface area (Å²) in [5, 5.41) is 6.53. The molecule has 0 aliphatic carbocycles. The SMILES string of the molecule is CN=C(NCc1ccn(C)c1)NCc1coc(-c2ccc(C)cc2)n1.I. The Hall–Kier alpha value is -2.29. The van der Waals surface area contributed by atoms with Crippen molar-refractivity contribution in [2.24, 2.45) is 12.0 Å². The summed E-state index contributed by atoms with van der Waals surface area (Å²) < 4.78 is 7.60. The Kier molecular flexibility index (Phi) is 7.26. The third-order valence-electron chi connectivity index (χ3n) is 3.86. The molecule has 7 heteroatoms. The minimum absolute atomic E-state index is 0. The molecular formula is C19H24IN5O. The molecule has 6 nitrogen and oxygen atoms in total. The first-order valence-corrected chi connectivity index (χ1v) is 8.21. The zero-order chi connectivity index (χ0) is 17.6. The van der Waals surface area contributed by atoms with E-state index in [1.165, 1.54) is 11.1 Å². The molecule has 2 aromatic heterocycles. The van der Waals surface area contributed by atoms with Gasteiger partial charge in [0.15, 0.2) is 5.96 Å². The van der Waals surface area contributed by atoms with Gasteiger partial charge in [-0.05, 0) is 30.7 Å². The Morgan fingerprint density at radius 2 is 1.88 bits per heavy atom. The van der Waals surface area contributed by atoms with Gasteiger partial charge in [0.2, 0.25) is 5.89 Å². The highest BCUT2D eigenvalue weighted by molar-refractivity contribution is 14.0. The summed E-state index contributed by atoms with van der Waals surface area (Å²) in [5.74, 6) is 1.35. The Balaban J connectivity index is 0.00000243. The van der Waals surface area contributed by atoms with Crippen LogP contribution in [0.2, 0.25) is 0 Å². The number of nitrogens with zero attached hydrogens (tertiary/aromatic N) is 3. The van der Waals surface area contributed by atoms with Crippen LogP contribution in [0.3, 0.4) is 0 Å². The maximum atomic E-state index is 5.57. The van der Waals surface area contributed by atoms with E-state index in [1.807, 2.05) is 42.1 Å². The van der Waals surface area contributed by atoms with Gasteiger partial charge in [0.25, 0.3) is 0 Å². The van der Waals surface area contributed by atoms with Crippen molar-refractivity contribution in [2.75, 3.05) is 7.05 Å². The van der Waals surface area contributed by atoms with E-state index in [-0.39, 0.29) is 24.0 Å². The van der Waals surface area contributed by atoms with Crippen LogP contribution in [0, 0.1) is 6.92 Å². The molecule has 2 N–H and O–H groups in total. The smallest absolute Gasteiger partial charge is 0.226 e. The second-order valence-corrected chi connectivity index (χ2v) is 5.97. The van der Waals surface area contributed by atoms with Gasteiger partial charge in [0.1, 0.15) is 6.26 Å². The Labute approximate surface area is 170 Å². The maximum Gasteiger partial charge on any atom is 0.226 e. The quantitative estimate of drug-likeness (QED) is 0.344. The lowest BCUT2D eigenvalue weighted by Crippen LogP contribution is -2.36. The molecule has 0 aliphatic heterocycles. The molecule has 0 bridgehead atoms. The fourth-order valence-electron chi connectivity index (χ4n) is 2.46. The van der Waals surface area contributed by atoms with Crippen molar-refractivity contribution in [1.82, 2.24) is 20.2 Å². The molecule has 0 fully saturated rings. The Morgan fingerprint density at radius 3 is 2.54 bits per heavy atom. The number of nitrogens with one attached hydrogen (secondary N) is 2. The molecule has 0 unspecified atom stereocenters. The first-order chi connectivity index (χ1) is 12.1. The van der Waals surface area contributed by atoms with Gasteiger partial charge in [0, 0.05) is 38.6 Å². The summed E-state index contributed by atoms with van der Waals surface area (Å²) in [4.78, 5) is 8.75. The van der Waals surface area contributed by atoms with E-state index in [0.29, 0.717) is 19.0 Å². The number of oxazole rings is 1. The van der Waals surface area contributed by atoms with E-state index < -0.39 is 0 Å². The average molecular weight is 465 g/mol. The number of aromatic nitrogens is 2. The molecule has 1 aromatic carbocycles. The summed E-state index contributed by atoms with van der Waals surface area (Å²) >= 11 is 0. The summed E-state index contributed by atoms with van der Waals surface area (Å²) in [6.07, 6.45) is 5.77. The van der Waals surface area contributed by atoms with Gasteiger partial charge in [-0.3, -0.25) is 4.99 Å². The lowest BCUT2D eigenvalue weighted by molar-refractivity contribution is 0.572. The second kappa shape index (κ2) is 9.42. The highest BCUT2D eigenvalue weighted by Crippen LogP contribution is 2.18. The fourth-order valence-corrected chi connectivity index (χ4v) is 2.46. The van der Waals surface area contributed by atoms with Crippen LogP contribution < -0.4 is 10.6 Å². The highest BCUT2D eigenvalue weighted by Gasteiger charge is 2.07. The average Bonchev–Trinajstić information content (AvgIpc) is 3.25. The minimum Gasteiger partial charge on any atom is -0.444 e. The molecular weight excluding hydrogens is 441 g/mol. The zero-order valence-corrected chi connectivity index (χ0v) is 17.5. The van der Waals surface area contributed by atoms with E-state index in [0.717, 1.165) is 17.2 Å². The third-order valence-corrected chi connectivity index (χ3v) is 3.86. The summed E-state index contributed by atoms with van der Waals surface area (Å²) in [7, 11) is 3.76. The van der Waals surface area contributed by atoms with Gasteiger partial charge >= 0.3 is 0 Å². The second-order valence-electron chi connectivity index (χ2n) is 5.97. The van der Waals surface area contributed by atoms with E-state index >= 15 is 0 Å². The molecule has 0 atom stereocenters. The lowest BCUT2D eigenvalue weighted by Gasteiger charge is -2.09. The van der Waals surface area contributed by atoms with Crippen molar-refractivity contribution in [1.29, 1.82) is 0 Å². The van der Waals surface area contributed by atoms with Gasteiger partial charge in [0.05, 0.1) is 12.2 Å². The van der Waals surface area contributed by atoms with Crippen LogP contribution in [0.15, 0.2) is 58.4 Å². The van der Waals surface area contributed by atoms with Crippen LogP contribution in [0.5, 0.6) is 0 Å². The van der Waals surface area contributed by atoms with Crippen LogP contribution in [0.4, 0.5) is 0 Å². The number of hydrogen-bond donors (Lipinski definition) is 2. The molecule has 138 valence electrons. The fraction of sp³-hybridized carbons (Fsp3) is 0.263. The normalized spacial score (nSPS) is 11.1. The summed E-state index contributed by atoms with van der Waals surface area (Å²) in [6, 6.07) is 10.2. The van der Waals surface area contributed by atoms with Crippen molar-refractivity contribution in [3.05, 3.63) is 65.8 Å². The zero-order valence-electron chi connectivity index (χ0n) is 15.2. The van der Waals surface area contributed by atoms with Crippen LogP contribution >= 0.6 is 24.0 Å². The van der Waals surface area contributed by atoms with E-state index in [4.69, 9.17) is 4.42 Å². The van der Waals surface area contributed by atoms with Gasteiger partial charge in [-0.1, -0.05) is 17.7 Å². The predicted molar refractivity (Wildman–Crippen MR) is 115 cm³/mol. The van der Waals surface area contributed by atoms with Gasteiger partial charge in [-0.2, -0.15) is 0 Å². The molecule has 0 spiro atoms. The van der Waals surface area contributed by atoms with Crippen LogP contribution in [-0.2, 0) is 20.1 Å². The number of aliphatic imine (C=N–C) groups is 1. The molecule has 0 aliphatic rings. The van der Waals surface area contributed by atoms with Gasteiger partial charge in [-0.15, -0.1) is 24.0 Å². The number of guanidine groups is 1. The Morgan fingerprint density at radius 1 is 1.15 bits per heavy atom. The molecule has 0 amide bonds. The number of benzene rings is 1. The lowest BCUT2D eigenvalue weighted by atomic mass is 10.1. The first-order valence-electron chi connectivity index (χ1n) is 8.21. The van der Waals surface area contributed by atoms with Crippen LogP contribution in [-0.4, -0.2) is 22.6 Å². The van der Waals surface area contributed by atoms with Crippen molar-refractivity contribution in [3.63, 3.8) is 0 Å². The van der Waals surface area contributed by atoms with Crippen LogP contribution in [0.1, 0.15) is 16.8 Å². The minimum atomic E-state index is 0. The first kappa shape index (κ1) is 20.0. The highest BCUT2D eigenvalue weighted by atomic mass is 127. The number of hydrogen-bond acceptors (Lipinski definition) is 3. The Bertz CT molecular complexity index is 851. The summed E-state index contributed by atoms with van der Waals surface area (Å²) in [6.45, 7) is 3.32. The topological polar surface area (TPSA) is 67.4 Å². The molecule has 0 saturated carbocycles. The molecule has 0 radical (unpaired) electrons. The van der Waals surface area contributed by atoms with E-state index in [1.54, 1.807) is 13.3 Å².